The van der Waals surface area contributed by atoms with Gasteiger partial charge in [-0.3, -0.25) is 0 Å². The van der Waals surface area contributed by atoms with Crippen molar-refractivity contribution in [1.82, 2.24) is 9.97 Å². The molecule has 0 amide bonds. The van der Waals surface area contributed by atoms with Crippen molar-refractivity contribution in [2.45, 2.75) is 17.7 Å². The summed E-state index contributed by atoms with van der Waals surface area (Å²) in [6.07, 6.45) is 1.64. The lowest BCUT2D eigenvalue weighted by Crippen LogP contribution is -1.88. The molecule has 0 aliphatic rings. The van der Waals surface area contributed by atoms with Gasteiger partial charge >= 0.3 is 0 Å². The Labute approximate surface area is 160 Å². The van der Waals surface area contributed by atoms with Gasteiger partial charge in [0.2, 0.25) is 0 Å². The number of thioether (sulfide) groups is 1. The highest BCUT2D eigenvalue weighted by atomic mass is 32.2. The molecule has 0 unspecified atom stereocenters. The highest BCUT2D eigenvalue weighted by molar-refractivity contribution is 7.98. The van der Waals surface area contributed by atoms with E-state index in [1.54, 1.807) is 29.4 Å². The standard InChI is InChI=1S/C21H15N3S2/c1-14-18(17-8-3-2-4-9-17)19-20(23-13-24-21(19)26-14)25-12-16-7-5-6-15(10-16)11-22/h2-10,13H,12H2,1H3. The van der Waals surface area contributed by atoms with Crippen molar-refractivity contribution in [3.63, 3.8) is 0 Å². The van der Waals surface area contributed by atoms with Gasteiger partial charge in [0, 0.05) is 16.2 Å². The van der Waals surface area contributed by atoms with Crippen LogP contribution in [0.2, 0.25) is 0 Å². The van der Waals surface area contributed by atoms with Crippen LogP contribution in [0.5, 0.6) is 0 Å². The molecule has 0 spiro atoms. The molecule has 0 atom stereocenters. The van der Waals surface area contributed by atoms with E-state index in [0.29, 0.717) is 5.56 Å². The third kappa shape index (κ3) is 3.22. The fraction of sp³-hybridized carbons (Fsp3) is 0.0952. The van der Waals surface area contributed by atoms with Crippen LogP contribution in [0.3, 0.4) is 0 Å². The highest BCUT2D eigenvalue weighted by Crippen LogP contribution is 2.41. The maximum absolute atomic E-state index is 9.08. The van der Waals surface area contributed by atoms with E-state index in [4.69, 9.17) is 5.26 Å². The molecule has 0 fully saturated rings. The third-order valence-electron chi connectivity index (χ3n) is 4.12. The second kappa shape index (κ2) is 7.28. The molecule has 0 radical (unpaired) electrons. The SMILES string of the molecule is Cc1sc2ncnc(SCc3cccc(C#N)c3)c2c1-c1ccccc1. The molecule has 0 saturated carbocycles. The summed E-state index contributed by atoms with van der Waals surface area (Å²) < 4.78 is 0. The molecule has 0 bridgehead atoms. The zero-order valence-corrected chi connectivity index (χ0v) is 15.8. The average Bonchev–Trinajstić information content (AvgIpc) is 3.03. The predicted molar refractivity (Wildman–Crippen MR) is 108 cm³/mol. The number of hydrogen-bond acceptors (Lipinski definition) is 5. The van der Waals surface area contributed by atoms with Crippen LogP contribution >= 0.6 is 23.1 Å². The molecule has 2 heterocycles. The third-order valence-corrected chi connectivity index (χ3v) is 6.20. The lowest BCUT2D eigenvalue weighted by atomic mass is 10.0. The van der Waals surface area contributed by atoms with E-state index in [0.717, 1.165) is 26.6 Å². The summed E-state index contributed by atoms with van der Waals surface area (Å²) in [6.45, 7) is 2.14. The predicted octanol–water partition coefficient (Wildman–Crippen LogP) is 5.83. The molecule has 0 aliphatic heterocycles. The number of nitrogens with zero attached hydrogens (tertiary/aromatic N) is 3. The Morgan fingerprint density at radius 3 is 2.73 bits per heavy atom. The lowest BCUT2D eigenvalue weighted by Gasteiger charge is -2.06. The number of aryl methyl sites for hydroxylation is 1. The first kappa shape index (κ1) is 16.8. The molecule has 4 aromatic rings. The van der Waals surface area contributed by atoms with Gasteiger partial charge in [-0.05, 0) is 30.2 Å². The van der Waals surface area contributed by atoms with Gasteiger partial charge in [0.25, 0.3) is 0 Å². The number of rotatable bonds is 4. The van der Waals surface area contributed by atoms with Crippen molar-refractivity contribution in [3.05, 3.63) is 76.9 Å². The number of thiophene rings is 1. The molecule has 2 aromatic carbocycles. The van der Waals surface area contributed by atoms with Gasteiger partial charge in [-0.15, -0.1) is 23.1 Å². The Morgan fingerprint density at radius 1 is 1.08 bits per heavy atom. The molecular weight excluding hydrogens is 358 g/mol. The van der Waals surface area contributed by atoms with E-state index in [-0.39, 0.29) is 0 Å². The average molecular weight is 374 g/mol. The number of nitriles is 1. The van der Waals surface area contributed by atoms with Crippen LogP contribution in [0.1, 0.15) is 16.0 Å². The Balaban J connectivity index is 1.75. The van der Waals surface area contributed by atoms with Crippen molar-refractivity contribution < 1.29 is 0 Å². The second-order valence-electron chi connectivity index (χ2n) is 5.86. The molecule has 0 saturated heterocycles. The molecule has 4 rings (SSSR count). The molecule has 126 valence electrons. The normalized spacial score (nSPS) is 10.8. The largest absolute Gasteiger partial charge is 0.229 e. The number of fused-ring (bicyclic) bond motifs is 1. The zero-order chi connectivity index (χ0) is 17.9. The molecular formula is C21H15N3S2. The Morgan fingerprint density at radius 2 is 1.92 bits per heavy atom. The quantitative estimate of drug-likeness (QED) is 0.333. The van der Waals surface area contributed by atoms with E-state index >= 15 is 0 Å². The van der Waals surface area contributed by atoms with E-state index < -0.39 is 0 Å². The fourth-order valence-electron chi connectivity index (χ4n) is 2.96. The van der Waals surface area contributed by atoms with Gasteiger partial charge in [0.15, 0.2) is 0 Å². The maximum Gasteiger partial charge on any atom is 0.128 e. The summed E-state index contributed by atoms with van der Waals surface area (Å²) in [5, 5.41) is 11.2. The van der Waals surface area contributed by atoms with Crippen molar-refractivity contribution in [3.8, 4) is 17.2 Å². The first-order valence-corrected chi connectivity index (χ1v) is 9.98. The summed E-state index contributed by atoms with van der Waals surface area (Å²) in [6, 6.07) is 20.3. The smallest absolute Gasteiger partial charge is 0.128 e. The first-order valence-electron chi connectivity index (χ1n) is 8.17. The van der Waals surface area contributed by atoms with Gasteiger partial charge in [-0.2, -0.15) is 5.26 Å². The Hall–Kier alpha value is -2.68. The van der Waals surface area contributed by atoms with Crippen LogP contribution in [0.15, 0.2) is 66.0 Å². The summed E-state index contributed by atoms with van der Waals surface area (Å²) in [7, 11) is 0. The van der Waals surface area contributed by atoms with Gasteiger partial charge in [0.1, 0.15) is 16.2 Å². The number of benzene rings is 2. The van der Waals surface area contributed by atoms with Gasteiger partial charge in [-0.1, -0.05) is 42.5 Å². The van der Waals surface area contributed by atoms with Crippen molar-refractivity contribution >= 4 is 33.3 Å². The van der Waals surface area contributed by atoms with Crippen LogP contribution in [0.25, 0.3) is 21.3 Å². The van der Waals surface area contributed by atoms with Gasteiger partial charge in [-0.25, -0.2) is 9.97 Å². The molecule has 3 nitrogen and oxygen atoms in total. The minimum Gasteiger partial charge on any atom is -0.229 e. The topological polar surface area (TPSA) is 49.6 Å². The van der Waals surface area contributed by atoms with E-state index in [1.807, 2.05) is 30.3 Å². The number of aromatic nitrogens is 2. The molecule has 26 heavy (non-hydrogen) atoms. The summed E-state index contributed by atoms with van der Waals surface area (Å²) in [5.74, 6) is 0.769. The minimum absolute atomic E-state index is 0.687. The molecule has 2 aromatic heterocycles. The van der Waals surface area contributed by atoms with Crippen LogP contribution in [0.4, 0.5) is 0 Å². The van der Waals surface area contributed by atoms with Crippen LogP contribution in [-0.4, -0.2) is 9.97 Å². The van der Waals surface area contributed by atoms with Gasteiger partial charge in [0.05, 0.1) is 17.0 Å². The fourth-order valence-corrected chi connectivity index (χ4v) is 4.99. The Bertz CT molecular complexity index is 1110. The molecule has 5 heteroatoms. The lowest BCUT2D eigenvalue weighted by molar-refractivity contribution is 1.11. The van der Waals surface area contributed by atoms with Crippen LogP contribution in [0, 0.1) is 18.3 Å². The summed E-state index contributed by atoms with van der Waals surface area (Å²) >= 11 is 3.40. The van der Waals surface area contributed by atoms with Crippen LogP contribution < -0.4 is 0 Å². The van der Waals surface area contributed by atoms with Crippen LogP contribution in [-0.2, 0) is 5.75 Å². The monoisotopic (exact) mass is 373 g/mol. The molecule has 0 N–H and O–H groups in total. The highest BCUT2D eigenvalue weighted by Gasteiger charge is 2.16. The summed E-state index contributed by atoms with van der Waals surface area (Å²) in [4.78, 5) is 11.3. The number of hydrogen-bond donors (Lipinski definition) is 0. The maximum atomic E-state index is 9.08. The first-order chi connectivity index (χ1) is 12.8. The van der Waals surface area contributed by atoms with E-state index in [9.17, 15) is 0 Å². The minimum atomic E-state index is 0.687. The van der Waals surface area contributed by atoms with Crippen molar-refractivity contribution in [1.29, 1.82) is 5.26 Å². The summed E-state index contributed by atoms with van der Waals surface area (Å²) in [5.41, 5.74) is 4.22. The Kier molecular flexibility index (Phi) is 4.70. The zero-order valence-electron chi connectivity index (χ0n) is 14.1. The van der Waals surface area contributed by atoms with E-state index in [2.05, 4.69) is 47.2 Å². The van der Waals surface area contributed by atoms with Gasteiger partial charge < -0.3 is 0 Å². The van der Waals surface area contributed by atoms with Crippen molar-refractivity contribution in [2.24, 2.45) is 0 Å². The second-order valence-corrected chi connectivity index (χ2v) is 8.03. The molecule has 0 aliphatic carbocycles. The van der Waals surface area contributed by atoms with E-state index in [1.165, 1.54) is 16.0 Å². The van der Waals surface area contributed by atoms with Crippen molar-refractivity contribution in [2.75, 3.05) is 0 Å².